The van der Waals surface area contributed by atoms with Gasteiger partial charge in [0.2, 0.25) is 0 Å². The monoisotopic (exact) mass is 257 g/mol. The molecular formula is C10H6F3N3O2. The smallest absolute Gasteiger partial charge is 0.277 e. The third-order valence-electron chi connectivity index (χ3n) is 2.31. The average molecular weight is 257 g/mol. The standard InChI is InChI=1S/C10H6F3N3O2/c11-10(12,13)7-5-14-15-9(7)6-3-1-2-4-8(6)16(17)18/h1-5H,(H,14,15). The van der Waals surface area contributed by atoms with Gasteiger partial charge in [-0.15, -0.1) is 0 Å². The highest BCUT2D eigenvalue weighted by molar-refractivity contribution is 5.73. The van der Waals surface area contributed by atoms with E-state index in [9.17, 15) is 23.3 Å². The van der Waals surface area contributed by atoms with Crippen molar-refractivity contribution in [1.82, 2.24) is 10.2 Å². The Kier molecular flexibility index (Phi) is 2.77. The van der Waals surface area contributed by atoms with Crippen LogP contribution in [0.4, 0.5) is 18.9 Å². The Morgan fingerprint density at radius 3 is 2.56 bits per heavy atom. The Morgan fingerprint density at radius 2 is 1.94 bits per heavy atom. The Bertz CT molecular complexity index is 592. The van der Waals surface area contributed by atoms with E-state index in [0.29, 0.717) is 6.20 Å². The Balaban J connectivity index is 2.64. The van der Waals surface area contributed by atoms with Gasteiger partial charge in [-0.25, -0.2) is 0 Å². The fourth-order valence-electron chi connectivity index (χ4n) is 1.55. The summed E-state index contributed by atoms with van der Waals surface area (Å²) in [6.45, 7) is 0. The van der Waals surface area contributed by atoms with Crippen LogP contribution in [0.5, 0.6) is 0 Å². The molecule has 1 aromatic carbocycles. The van der Waals surface area contributed by atoms with Crippen LogP contribution < -0.4 is 0 Å². The van der Waals surface area contributed by atoms with E-state index >= 15 is 0 Å². The predicted molar refractivity (Wildman–Crippen MR) is 55.7 cm³/mol. The maximum absolute atomic E-state index is 12.7. The van der Waals surface area contributed by atoms with Crippen molar-refractivity contribution in [2.45, 2.75) is 6.18 Å². The molecule has 0 aliphatic heterocycles. The van der Waals surface area contributed by atoms with Crippen LogP contribution in [0.3, 0.4) is 0 Å². The lowest BCUT2D eigenvalue weighted by Gasteiger charge is -2.07. The van der Waals surface area contributed by atoms with Crippen molar-refractivity contribution in [2.24, 2.45) is 0 Å². The number of H-pyrrole nitrogens is 1. The number of nitro groups is 1. The van der Waals surface area contributed by atoms with E-state index in [4.69, 9.17) is 0 Å². The quantitative estimate of drug-likeness (QED) is 0.664. The maximum atomic E-state index is 12.7. The van der Waals surface area contributed by atoms with E-state index in [1.165, 1.54) is 18.2 Å². The van der Waals surface area contributed by atoms with Crippen molar-refractivity contribution in [1.29, 1.82) is 0 Å². The highest BCUT2D eigenvalue weighted by Gasteiger charge is 2.36. The zero-order valence-electron chi connectivity index (χ0n) is 8.73. The van der Waals surface area contributed by atoms with Crippen molar-refractivity contribution in [3.05, 3.63) is 46.1 Å². The summed E-state index contributed by atoms with van der Waals surface area (Å²) in [7, 11) is 0. The lowest BCUT2D eigenvalue weighted by atomic mass is 10.1. The molecule has 0 spiro atoms. The normalized spacial score (nSPS) is 11.5. The fraction of sp³-hybridized carbons (Fsp3) is 0.100. The molecule has 0 saturated heterocycles. The predicted octanol–water partition coefficient (Wildman–Crippen LogP) is 3.00. The first-order chi connectivity index (χ1) is 8.41. The van der Waals surface area contributed by atoms with Gasteiger partial charge in [0.25, 0.3) is 5.69 Å². The van der Waals surface area contributed by atoms with Gasteiger partial charge in [0.1, 0.15) is 5.56 Å². The molecule has 0 aliphatic rings. The number of halogens is 3. The summed E-state index contributed by atoms with van der Waals surface area (Å²) in [6.07, 6.45) is -4.02. The van der Waals surface area contributed by atoms with Crippen molar-refractivity contribution < 1.29 is 18.1 Å². The first-order valence-electron chi connectivity index (χ1n) is 4.75. The first kappa shape index (κ1) is 12.1. The molecule has 18 heavy (non-hydrogen) atoms. The molecule has 1 aromatic heterocycles. The topological polar surface area (TPSA) is 71.8 Å². The van der Waals surface area contributed by atoms with Crippen LogP contribution in [-0.2, 0) is 6.18 Å². The van der Waals surface area contributed by atoms with Crippen LogP contribution in [0.2, 0.25) is 0 Å². The summed E-state index contributed by atoms with van der Waals surface area (Å²) < 4.78 is 38.0. The Morgan fingerprint density at radius 1 is 1.28 bits per heavy atom. The minimum Gasteiger partial charge on any atom is -0.277 e. The van der Waals surface area contributed by atoms with Gasteiger partial charge in [-0.2, -0.15) is 18.3 Å². The average Bonchev–Trinajstić information content (AvgIpc) is 2.77. The van der Waals surface area contributed by atoms with Crippen LogP contribution in [-0.4, -0.2) is 15.1 Å². The van der Waals surface area contributed by atoms with Gasteiger partial charge >= 0.3 is 6.18 Å². The number of alkyl halides is 3. The molecule has 1 heterocycles. The number of hydrogen-bond acceptors (Lipinski definition) is 3. The van der Waals surface area contributed by atoms with E-state index in [0.717, 1.165) is 6.07 Å². The number of hydrogen-bond donors (Lipinski definition) is 1. The molecule has 0 atom stereocenters. The molecule has 0 saturated carbocycles. The number of nitrogens with one attached hydrogen (secondary N) is 1. The van der Waals surface area contributed by atoms with Crippen molar-refractivity contribution in [3.8, 4) is 11.3 Å². The third-order valence-corrected chi connectivity index (χ3v) is 2.31. The molecule has 0 fully saturated rings. The summed E-state index contributed by atoms with van der Waals surface area (Å²) in [5.41, 5.74) is -1.99. The number of benzene rings is 1. The molecular weight excluding hydrogens is 251 g/mol. The highest BCUT2D eigenvalue weighted by Crippen LogP contribution is 2.38. The van der Waals surface area contributed by atoms with Crippen LogP contribution in [0, 0.1) is 10.1 Å². The maximum Gasteiger partial charge on any atom is 0.420 e. The second-order valence-corrected chi connectivity index (χ2v) is 3.43. The van der Waals surface area contributed by atoms with Gasteiger partial charge in [-0.3, -0.25) is 15.2 Å². The van der Waals surface area contributed by atoms with Gasteiger partial charge in [0.15, 0.2) is 0 Å². The Labute approximate surface area is 98.4 Å². The highest BCUT2D eigenvalue weighted by atomic mass is 19.4. The van der Waals surface area contributed by atoms with E-state index < -0.39 is 28.0 Å². The number of aromatic nitrogens is 2. The number of nitrogens with zero attached hydrogens (tertiary/aromatic N) is 2. The third kappa shape index (κ3) is 2.04. The first-order valence-corrected chi connectivity index (χ1v) is 4.75. The van der Waals surface area contributed by atoms with Crippen LogP contribution in [0.25, 0.3) is 11.3 Å². The van der Waals surface area contributed by atoms with Gasteiger partial charge in [0.05, 0.1) is 22.4 Å². The second-order valence-electron chi connectivity index (χ2n) is 3.43. The molecule has 0 unspecified atom stereocenters. The minimum absolute atomic E-state index is 0.146. The zero-order valence-corrected chi connectivity index (χ0v) is 8.73. The van der Waals surface area contributed by atoms with Crippen LogP contribution in [0.15, 0.2) is 30.5 Å². The summed E-state index contributed by atoms with van der Waals surface area (Å²) in [4.78, 5) is 10.0. The lowest BCUT2D eigenvalue weighted by molar-refractivity contribution is -0.384. The van der Waals surface area contributed by atoms with Crippen molar-refractivity contribution >= 4 is 5.69 Å². The van der Waals surface area contributed by atoms with E-state index in [1.54, 1.807) is 0 Å². The van der Waals surface area contributed by atoms with E-state index in [1.807, 2.05) is 0 Å². The molecule has 5 nitrogen and oxygen atoms in total. The van der Waals surface area contributed by atoms with Gasteiger partial charge in [-0.05, 0) is 6.07 Å². The summed E-state index contributed by atoms with van der Waals surface area (Å²) in [5.74, 6) is 0. The van der Waals surface area contributed by atoms with E-state index in [2.05, 4.69) is 10.2 Å². The minimum atomic E-state index is -4.62. The molecule has 2 aromatic rings. The number of aromatic amines is 1. The summed E-state index contributed by atoms with van der Waals surface area (Å²) in [5, 5.41) is 16.2. The molecule has 8 heteroatoms. The SMILES string of the molecule is O=[N+]([O-])c1ccccc1-c1[nH]ncc1C(F)(F)F. The zero-order chi connectivity index (χ0) is 13.3. The van der Waals surface area contributed by atoms with Crippen molar-refractivity contribution in [2.75, 3.05) is 0 Å². The molecule has 0 amide bonds. The molecule has 94 valence electrons. The van der Waals surface area contributed by atoms with Crippen LogP contribution in [0.1, 0.15) is 5.56 Å². The van der Waals surface area contributed by atoms with Crippen LogP contribution >= 0.6 is 0 Å². The molecule has 1 N–H and O–H groups in total. The fourth-order valence-corrected chi connectivity index (χ4v) is 1.55. The Hall–Kier alpha value is -2.38. The number of rotatable bonds is 2. The molecule has 0 bridgehead atoms. The van der Waals surface area contributed by atoms with Crippen molar-refractivity contribution in [3.63, 3.8) is 0 Å². The second kappa shape index (κ2) is 4.13. The molecule has 2 rings (SSSR count). The lowest BCUT2D eigenvalue weighted by Crippen LogP contribution is -2.05. The number of nitro benzene ring substituents is 1. The van der Waals surface area contributed by atoms with Gasteiger partial charge < -0.3 is 0 Å². The summed E-state index contributed by atoms with van der Waals surface area (Å²) in [6, 6.07) is 5.17. The van der Waals surface area contributed by atoms with Gasteiger partial charge in [-0.1, -0.05) is 12.1 Å². The largest absolute Gasteiger partial charge is 0.420 e. The van der Waals surface area contributed by atoms with Gasteiger partial charge in [0, 0.05) is 6.07 Å². The molecule has 0 aliphatic carbocycles. The number of para-hydroxylation sites is 1. The molecule has 0 radical (unpaired) electrons. The van der Waals surface area contributed by atoms with E-state index in [-0.39, 0.29) is 5.56 Å². The summed E-state index contributed by atoms with van der Waals surface area (Å²) >= 11 is 0.